The van der Waals surface area contributed by atoms with Crippen LogP contribution in [0.25, 0.3) is 0 Å². The number of carbonyl (C=O) groups is 3. The lowest BCUT2D eigenvalue weighted by Gasteiger charge is -2.12. The van der Waals surface area contributed by atoms with Gasteiger partial charge in [0.2, 0.25) is 11.8 Å². The molecule has 108 valence electrons. The Morgan fingerprint density at radius 3 is 2.35 bits per heavy atom. The van der Waals surface area contributed by atoms with Gasteiger partial charge in [-0.3, -0.25) is 9.59 Å². The highest BCUT2D eigenvalue weighted by atomic mass is 32.2. The predicted molar refractivity (Wildman–Crippen MR) is 76.4 cm³/mol. The molecular weight excluding hydrogens is 280 g/mol. The van der Waals surface area contributed by atoms with E-state index in [1.165, 1.54) is 18.7 Å². The third kappa shape index (κ3) is 5.31. The topological polar surface area (TPSA) is 109 Å². The number of carbonyl (C=O) groups excluding carboxylic acids is 2. The van der Waals surface area contributed by atoms with Crippen LogP contribution in [0.4, 0.5) is 0 Å². The van der Waals surface area contributed by atoms with Gasteiger partial charge in [-0.15, -0.1) is 0 Å². The fraction of sp³-hybridized carbons (Fsp3) is 0.308. The summed E-state index contributed by atoms with van der Waals surface area (Å²) >= 11 is 1.39. The first-order valence-electron chi connectivity index (χ1n) is 5.86. The molecular formula is C13H16N2O4S. The van der Waals surface area contributed by atoms with Gasteiger partial charge in [0.1, 0.15) is 6.04 Å². The van der Waals surface area contributed by atoms with Crippen molar-refractivity contribution < 1.29 is 19.5 Å². The van der Waals surface area contributed by atoms with Gasteiger partial charge < -0.3 is 16.2 Å². The molecule has 7 heteroatoms. The zero-order valence-electron chi connectivity index (χ0n) is 11.0. The highest BCUT2D eigenvalue weighted by Crippen LogP contribution is 2.14. The van der Waals surface area contributed by atoms with E-state index in [0.29, 0.717) is 11.3 Å². The molecule has 1 atom stereocenters. The smallest absolute Gasteiger partial charge is 0.327 e. The Morgan fingerprint density at radius 1 is 1.30 bits per heavy atom. The number of thioether (sulfide) groups is 1. The fourth-order valence-electron chi connectivity index (χ4n) is 1.48. The number of carboxylic acids is 1. The average molecular weight is 296 g/mol. The van der Waals surface area contributed by atoms with E-state index >= 15 is 0 Å². The Bertz CT molecular complexity index is 502. The quantitative estimate of drug-likeness (QED) is 0.683. The number of rotatable bonds is 7. The monoisotopic (exact) mass is 296 g/mol. The minimum absolute atomic E-state index is 0.270. The minimum atomic E-state index is -1.06. The van der Waals surface area contributed by atoms with Crippen LogP contribution in [0.2, 0.25) is 0 Å². The van der Waals surface area contributed by atoms with Crippen molar-refractivity contribution in [1.29, 1.82) is 0 Å². The highest BCUT2D eigenvalue weighted by Gasteiger charge is 2.17. The van der Waals surface area contributed by atoms with Crippen LogP contribution in [0.5, 0.6) is 0 Å². The number of benzene rings is 1. The van der Waals surface area contributed by atoms with Crippen LogP contribution in [-0.4, -0.2) is 34.7 Å². The second-order valence-electron chi connectivity index (χ2n) is 4.17. The maximum Gasteiger partial charge on any atom is 0.327 e. The molecule has 0 aliphatic carbocycles. The number of hydrogen-bond donors (Lipinski definition) is 3. The largest absolute Gasteiger partial charge is 0.480 e. The number of nitrogens with one attached hydrogen (secondary N) is 1. The molecule has 1 aromatic rings. The maximum absolute atomic E-state index is 10.9. The van der Waals surface area contributed by atoms with E-state index in [-0.39, 0.29) is 11.7 Å². The van der Waals surface area contributed by atoms with E-state index < -0.39 is 17.9 Å². The van der Waals surface area contributed by atoms with Gasteiger partial charge in [-0.25, -0.2) is 4.79 Å². The van der Waals surface area contributed by atoms with E-state index in [2.05, 4.69) is 5.32 Å². The number of nitrogens with two attached hydrogens (primary N) is 1. The maximum atomic E-state index is 10.9. The van der Waals surface area contributed by atoms with Crippen LogP contribution in [0.1, 0.15) is 22.8 Å². The van der Waals surface area contributed by atoms with Crippen molar-refractivity contribution in [2.45, 2.75) is 18.7 Å². The van der Waals surface area contributed by atoms with Crippen molar-refractivity contribution in [2.75, 3.05) is 5.75 Å². The van der Waals surface area contributed by atoms with Crippen LogP contribution in [0.15, 0.2) is 24.3 Å². The van der Waals surface area contributed by atoms with E-state index in [1.54, 1.807) is 24.3 Å². The molecule has 0 fully saturated rings. The zero-order valence-corrected chi connectivity index (χ0v) is 11.8. The van der Waals surface area contributed by atoms with Crippen LogP contribution < -0.4 is 11.1 Å². The molecule has 1 rings (SSSR count). The van der Waals surface area contributed by atoms with Gasteiger partial charge in [0.05, 0.1) is 0 Å². The molecule has 0 heterocycles. The summed E-state index contributed by atoms with van der Waals surface area (Å²) in [7, 11) is 0. The first kappa shape index (κ1) is 16.0. The fourth-order valence-corrected chi connectivity index (χ4v) is 2.49. The molecule has 0 aliphatic rings. The lowest BCUT2D eigenvalue weighted by Crippen LogP contribution is -2.41. The third-order valence-electron chi connectivity index (χ3n) is 2.47. The summed E-state index contributed by atoms with van der Waals surface area (Å²) in [6, 6.07) is 5.88. The molecule has 0 saturated heterocycles. The molecule has 20 heavy (non-hydrogen) atoms. The molecule has 6 nitrogen and oxygen atoms in total. The molecule has 1 unspecified atom stereocenters. The lowest BCUT2D eigenvalue weighted by atomic mass is 10.1. The number of aliphatic carboxylic acids is 1. The van der Waals surface area contributed by atoms with Gasteiger partial charge in [-0.1, -0.05) is 12.1 Å². The Morgan fingerprint density at radius 2 is 1.90 bits per heavy atom. The van der Waals surface area contributed by atoms with Crippen molar-refractivity contribution in [3.05, 3.63) is 35.4 Å². The first-order chi connectivity index (χ1) is 9.40. The second-order valence-corrected chi connectivity index (χ2v) is 5.20. The molecule has 0 aliphatic heterocycles. The van der Waals surface area contributed by atoms with Crippen LogP contribution >= 0.6 is 11.8 Å². The van der Waals surface area contributed by atoms with Crippen molar-refractivity contribution in [3.8, 4) is 0 Å². The van der Waals surface area contributed by atoms with Gasteiger partial charge in [0, 0.05) is 24.0 Å². The number of carboxylic acid groups (broad SMARTS) is 1. The number of hydrogen-bond acceptors (Lipinski definition) is 4. The Balaban J connectivity index is 2.48. The summed E-state index contributed by atoms with van der Waals surface area (Å²) in [6.07, 6.45) is 0. The summed E-state index contributed by atoms with van der Waals surface area (Å²) in [6.45, 7) is 1.28. The number of amides is 2. The van der Waals surface area contributed by atoms with E-state index in [1.807, 2.05) is 0 Å². The van der Waals surface area contributed by atoms with E-state index in [0.717, 1.165) is 5.56 Å². The van der Waals surface area contributed by atoms with Crippen LogP contribution in [-0.2, 0) is 15.3 Å². The summed E-state index contributed by atoms with van der Waals surface area (Å²) in [5.41, 5.74) is 6.52. The van der Waals surface area contributed by atoms with Gasteiger partial charge in [-0.2, -0.15) is 11.8 Å². The zero-order chi connectivity index (χ0) is 15.1. The molecule has 0 saturated carbocycles. The standard InChI is InChI=1S/C13H16N2O4S/c1-8(16)15-11(13(18)19)7-20-6-9-2-4-10(5-3-9)12(14)17/h2-5,11H,6-7H2,1H3,(H2,14,17)(H,15,16)(H,18,19). The summed E-state index contributed by atoms with van der Waals surface area (Å²) in [4.78, 5) is 32.7. The summed E-state index contributed by atoms with van der Waals surface area (Å²) < 4.78 is 0. The van der Waals surface area contributed by atoms with Crippen LogP contribution in [0.3, 0.4) is 0 Å². The van der Waals surface area contributed by atoms with Crippen molar-refractivity contribution in [2.24, 2.45) is 5.73 Å². The molecule has 2 amide bonds. The Hall–Kier alpha value is -2.02. The first-order valence-corrected chi connectivity index (χ1v) is 7.02. The van der Waals surface area contributed by atoms with E-state index in [9.17, 15) is 14.4 Å². The Kier molecular flexibility index (Phi) is 6.05. The van der Waals surface area contributed by atoms with Gasteiger partial charge in [0.25, 0.3) is 0 Å². The summed E-state index contributed by atoms with van der Waals surface area (Å²) in [5.74, 6) is -1.06. The van der Waals surface area contributed by atoms with Crippen molar-refractivity contribution in [3.63, 3.8) is 0 Å². The SMILES string of the molecule is CC(=O)NC(CSCc1ccc(C(N)=O)cc1)C(=O)O. The van der Waals surface area contributed by atoms with Crippen molar-refractivity contribution >= 4 is 29.5 Å². The molecule has 4 N–H and O–H groups in total. The third-order valence-corrected chi connectivity index (χ3v) is 3.57. The van der Waals surface area contributed by atoms with E-state index in [4.69, 9.17) is 10.8 Å². The molecule has 1 aromatic carbocycles. The minimum Gasteiger partial charge on any atom is -0.480 e. The van der Waals surface area contributed by atoms with Gasteiger partial charge in [-0.05, 0) is 17.7 Å². The molecule has 0 bridgehead atoms. The Labute approximate surface area is 120 Å². The normalized spacial score (nSPS) is 11.7. The van der Waals surface area contributed by atoms with Crippen LogP contribution in [0, 0.1) is 0 Å². The lowest BCUT2D eigenvalue weighted by molar-refractivity contribution is -0.140. The highest BCUT2D eigenvalue weighted by molar-refractivity contribution is 7.98. The van der Waals surface area contributed by atoms with Gasteiger partial charge >= 0.3 is 5.97 Å². The average Bonchev–Trinajstić information content (AvgIpc) is 2.37. The molecule has 0 radical (unpaired) electrons. The molecule has 0 spiro atoms. The second kappa shape index (κ2) is 7.54. The van der Waals surface area contributed by atoms with Crippen molar-refractivity contribution in [1.82, 2.24) is 5.32 Å². The predicted octanol–water partition coefficient (Wildman–Crippen LogP) is 0.608. The molecule has 0 aromatic heterocycles. The number of primary amides is 1. The summed E-state index contributed by atoms with van der Waals surface area (Å²) in [5, 5.41) is 11.3. The van der Waals surface area contributed by atoms with Gasteiger partial charge in [0.15, 0.2) is 0 Å².